The molecule has 1 amide bonds. The minimum Gasteiger partial charge on any atom is -0.480 e. The van der Waals surface area contributed by atoms with Crippen molar-refractivity contribution in [1.82, 2.24) is 5.32 Å². The van der Waals surface area contributed by atoms with Crippen molar-refractivity contribution in [2.45, 2.75) is 122 Å². The summed E-state index contributed by atoms with van der Waals surface area (Å²) in [5.74, 6) is -0.845. The quantitative estimate of drug-likeness (QED) is 0.253. The number of amides is 1. The first-order chi connectivity index (χ1) is 13.1. The van der Waals surface area contributed by atoms with E-state index < -0.39 is 12.0 Å². The first-order valence-corrected chi connectivity index (χ1v) is 11.3. The predicted molar refractivity (Wildman–Crippen MR) is 113 cm³/mol. The van der Waals surface area contributed by atoms with Crippen molar-refractivity contribution in [2.75, 3.05) is 6.54 Å². The molecule has 0 rings (SSSR count). The fourth-order valence-electron chi connectivity index (χ4n) is 3.23. The summed E-state index contributed by atoms with van der Waals surface area (Å²) in [6, 6.07) is -0.786. The van der Waals surface area contributed by atoms with E-state index >= 15 is 0 Å². The maximum absolute atomic E-state index is 11.7. The molecule has 27 heavy (non-hydrogen) atoms. The summed E-state index contributed by atoms with van der Waals surface area (Å²) in [5.41, 5.74) is 5.43. The van der Waals surface area contributed by atoms with Gasteiger partial charge in [0.05, 0.1) is 0 Å². The van der Waals surface area contributed by atoms with Gasteiger partial charge in [0.25, 0.3) is 0 Å². The SMILES string of the molecule is CCCCCCCCCCCCCCCC(=O)NCCCC[C@@H](N)C(=O)O. The van der Waals surface area contributed by atoms with Crippen LogP contribution >= 0.6 is 0 Å². The van der Waals surface area contributed by atoms with Gasteiger partial charge in [0.2, 0.25) is 5.91 Å². The van der Waals surface area contributed by atoms with Gasteiger partial charge in [0, 0.05) is 13.0 Å². The van der Waals surface area contributed by atoms with E-state index in [1.165, 1.54) is 70.6 Å². The molecule has 4 N–H and O–H groups in total. The van der Waals surface area contributed by atoms with Crippen LogP contribution in [0.5, 0.6) is 0 Å². The maximum atomic E-state index is 11.7. The van der Waals surface area contributed by atoms with Gasteiger partial charge in [-0.3, -0.25) is 9.59 Å². The molecule has 0 fully saturated rings. The van der Waals surface area contributed by atoms with E-state index in [2.05, 4.69) is 12.2 Å². The predicted octanol–water partition coefficient (Wildman–Crippen LogP) is 5.17. The Balaban J connectivity index is 3.22. The van der Waals surface area contributed by atoms with Crippen LogP contribution in [0.2, 0.25) is 0 Å². The minimum absolute atomic E-state index is 0.112. The third-order valence-electron chi connectivity index (χ3n) is 5.09. The summed E-state index contributed by atoms with van der Waals surface area (Å²) in [6.07, 6.45) is 19.6. The highest BCUT2D eigenvalue weighted by molar-refractivity contribution is 5.75. The van der Waals surface area contributed by atoms with Gasteiger partial charge < -0.3 is 16.2 Å². The lowest BCUT2D eigenvalue weighted by Gasteiger charge is -2.07. The Morgan fingerprint density at radius 2 is 1.26 bits per heavy atom. The molecule has 5 nitrogen and oxygen atoms in total. The van der Waals surface area contributed by atoms with Crippen molar-refractivity contribution in [1.29, 1.82) is 0 Å². The molecule has 0 aromatic rings. The highest BCUT2D eigenvalue weighted by Crippen LogP contribution is 2.12. The molecule has 0 heterocycles. The molecule has 0 bridgehead atoms. The Morgan fingerprint density at radius 3 is 1.74 bits per heavy atom. The maximum Gasteiger partial charge on any atom is 0.320 e. The molecular weight excluding hydrogens is 340 g/mol. The molecule has 0 saturated carbocycles. The average Bonchev–Trinajstić information content (AvgIpc) is 2.64. The van der Waals surface area contributed by atoms with Crippen molar-refractivity contribution in [3.05, 3.63) is 0 Å². The van der Waals surface area contributed by atoms with Crippen LogP contribution in [-0.4, -0.2) is 29.6 Å². The number of carbonyl (C=O) groups excluding carboxylic acids is 1. The van der Waals surface area contributed by atoms with Crippen LogP contribution < -0.4 is 11.1 Å². The lowest BCUT2D eigenvalue weighted by molar-refractivity contribution is -0.138. The Kier molecular flexibility index (Phi) is 18.9. The summed E-state index contributed by atoms with van der Waals surface area (Å²) in [4.78, 5) is 22.3. The largest absolute Gasteiger partial charge is 0.480 e. The Morgan fingerprint density at radius 1 is 0.778 bits per heavy atom. The number of carboxylic acid groups (broad SMARTS) is 1. The number of rotatable bonds is 20. The lowest BCUT2D eigenvalue weighted by atomic mass is 10.0. The number of nitrogens with one attached hydrogen (secondary N) is 1. The van der Waals surface area contributed by atoms with Gasteiger partial charge in [-0.05, 0) is 25.7 Å². The third-order valence-corrected chi connectivity index (χ3v) is 5.09. The topological polar surface area (TPSA) is 92.4 Å². The van der Waals surface area contributed by atoms with E-state index in [0.29, 0.717) is 19.4 Å². The highest BCUT2D eigenvalue weighted by atomic mass is 16.4. The number of nitrogens with two attached hydrogens (primary N) is 1. The van der Waals surface area contributed by atoms with Gasteiger partial charge >= 0.3 is 5.97 Å². The van der Waals surface area contributed by atoms with E-state index in [0.717, 1.165) is 25.7 Å². The van der Waals surface area contributed by atoms with Gasteiger partial charge in [-0.1, -0.05) is 84.0 Å². The molecule has 0 aliphatic carbocycles. The first-order valence-electron chi connectivity index (χ1n) is 11.3. The summed E-state index contributed by atoms with van der Waals surface area (Å²) >= 11 is 0. The smallest absolute Gasteiger partial charge is 0.320 e. The van der Waals surface area contributed by atoms with Crippen LogP contribution in [-0.2, 0) is 9.59 Å². The van der Waals surface area contributed by atoms with Crippen molar-refractivity contribution in [3.63, 3.8) is 0 Å². The van der Waals surface area contributed by atoms with Crippen molar-refractivity contribution in [3.8, 4) is 0 Å². The van der Waals surface area contributed by atoms with Gasteiger partial charge in [-0.15, -0.1) is 0 Å². The summed E-state index contributed by atoms with van der Waals surface area (Å²) in [5, 5.41) is 11.6. The fourth-order valence-corrected chi connectivity index (χ4v) is 3.23. The number of carbonyl (C=O) groups is 2. The highest BCUT2D eigenvalue weighted by Gasteiger charge is 2.10. The van der Waals surface area contributed by atoms with Crippen LogP contribution in [0.1, 0.15) is 116 Å². The second kappa shape index (κ2) is 19.7. The van der Waals surface area contributed by atoms with E-state index in [4.69, 9.17) is 10.8 Å². The number of hydrogen-bond acceptors (Lipinski definition) is 3. The molecule has 0 spiro atoms. The van der Waals surface area contributed by atoms with E-state index in [-0.39, 0.29) is 5.91 Å². The summed E-state index contributed by atoms with van der Waals surface area (Å²) < 4.78 is 0. The number of unbranched alkanes of at least 4 members (excludes halogenated alkanes) is 13. The molecule has 0 radical (unpaired) electrons. The zero-order valence-electron chi connectivity index (χ0n) is 17.6. The van der Waals surface area contributed by atoms with Crippen molar-refractivity contribution in [2.24, 2.45) is 5.73 Å². The fraction of sp³-hybridized carbons (Fsp3) is 0.909. The normalized spacial score (nSPS) is 12.1. The standard InChI is InChI=1S/C22H44N2O3/c1-2-3-4-5-6-7-8-9-10-11-12-13-14-18-21(25)24-19-16-15-17-20(23)22(26)27/h20H,2-19,23H2,1H3,(H,24,25)(H,26,27)/t20-/m1/s1. The van der Waals surface area contributed by atoms with Gasteiger partial charge in [-0.25, -0.2) is 0 Å². The number of aliphatic carboxylic acids is 1. The molecule has 0 aliphatic rings. The third kappa shape index (κ3) is 19.5. The molecule has 0 aliphatic heterocycles. The van der Waals surface area contributed by atoms with Crippen LogP contribution in [0.3, 0.4) is 0 Å². The van der Waals surface area contributed by atoms with E-state index in [9.17, 15) is 9.59 Å². The number of carboxylic acids is 1. The molecule has 0 aromatic heterocycles. The van der Waals surface area contributed by atoms with Crippen LogP contribution in [0.4, 0.5) is 0 Å². The Bertz CT molecular complexity index is 361. The minimum atomic E-state index is -0.957. The van der Waals surface area contributed by atoms with Gasteiger partial charge in [0.15, 0.2) is 0 Å². The second-order valence-electron chi connectivity index (χ2n) is 7.78. The zero-order chi connectivity index (χ0) is 20.2. The molecule has 0 unspecified atom stereocenters. The van der Waals surface area contributed by atoms with Crippen molar-refractivity contribution < 1.29 is 14.7 Å². The molecule has 5 heteroatoms. The van der Waals surface area contributed by atoms with Crippen LogP contribution in [0.25, 0.3) is 0 Å². The number of hydrogen-bond donors (Lipinski definition) is 3. The Hall–Kier alpha value is -1.10. The van der Waals surface area contributed by atoms with E-state index in [1.54, 1.807) is 0 Å². The molecule has 0 saturated heterocycles. The van der Waals surface area contributed by atoms with Crippen molar-refractivity contribution >= 4 is 11.9 Å². The average molecular weight is 385 g/mol. The molecular formula is C22H44N2O3. The molecule has 1 atom stereocenters. The van der Waals surface area contributed by atoms with Crippen LogP contribution in [0.15, 0.2) is 0 Å². The first kappa shape index (κ1) is 25.9. The van der Waals surface area contributed by atoms with Gasteiger partial charge in [-0.2, -0.15) is 0 Å². The molecule has 0 aromatic carbocycles. The molecule has 160 valence electrons. The lowest BCUT2D eigenvalue weighted by Crippen LogP contribution is -2.30. The second-order valence-corrected chi connectivity index (χ2v) is 7.78. The monoisotopic (exact) mass is 384 g/mol. The van der Waals surface area contributed by atoms with E-state index in [1.807, 2.05) is 0 Å². The summed E-state index contributed by atoms with van der Waals surface area (Å²) in [7, 11) is 0. The Labute approximate surface area is 166 Å². The van der Waals surface area contributed by atoms with Gasteiger partial charge in [0.1, 0.15) is 6.04 Å². The summed E-state index contributed by atoms with van der Waals surface area (Å²) in [6.45, 7) is 2.88. The zero-order valence-corrected chi connectivity index (χ0v) is 17.6. The van der Waals surface area contributed by atoms with Crippen LogP contribution in [0, 0.1) is 0 Å².